The van der Waals surface area contributed by atoms with Crippen LogP contribution in [-0.2, 0) is 17.8 Å². The molecule has 4 heterocycles. The van der Waals surface area contributed by atoms with E-state index in [0.29, 0.717) is 5.25 Å². The summed E-state index contributed by atoms with van der Waals surface area (Å²) in [5.74, 6) is 0. The van der Waals surface area contributed by atoms with E-state index in [-0.39, 0.29) is 4.75 Å². The van der Waals surface area contributed by atoms with Crippen molar-refractivity contribution >= 4 is 34.3 Å². The monoisotopic (exact) mass is 383 g/mol. The molecule has 2 unspecified atom stereocenters. The van der Waals surface area contributed by atoms with Crippen molar-refractivity contribution in [2.45, 2.75) is 36.9 Å². The lowest BCUT2D eigenvalue weighted by Gasteiger charge is -2.43. The molecule has 1 aromatic carbocycles. The zero-order valence-electron chi connectivity index (χ0n) is 15.3. The Bertz CT molecular complexity index is 1010. The molecule has 134 valence electrons. The van der Waals surface area contributed by atoms with Crippen molar-refractivity contribution in [3.8, 4) is 0 Å². The Morgan fingerprint density at radius 2 is 2.12 bits per heavy atom. The SMILES string of the molecule is Cc1ccc(C2(C)Cn3c4c(c5cc(Cl)ccc53)CN(C)CC4S2)cn1. The highest BCUT2D eigenvalue weighted by molar-refractivity contribution is 8.00. The van der Waals surface area contributed by atoms with Gasteiger partial charge in [0.05, 0.1) is 10.00 Å². The molecule has 0 saturated heterocycles. The van der Waals surface area contributed by atoms with Gasteiger partial charge in [-0.3, -0.25) is 4.98 Å². The normalized spacial score (nSPS) is 25.5. The Kier molecular flexibility index (Phi) is 3.69. The van der Waals surface area contributed by atoms with E-state index in [0.717, 1.165) is 30.4 Å². The number of hydrogen-bond donors (Lipinski definition) is 0. The minimum Gasteiger partial charge on any atom is -0.341 e. The third kappa shape index (κ3) is 2.43. The van der Waals surface area contributed by atoms with Crippen LogP contribution in [0, 0.1) is 6.92 Å². The van der Waals surface area contributed by atoms with E-state index in [1.807, 2.05) is 13.0 Å². The Labute approximate surface area is 163 Å². The molecule has 2 aliphatic rings. The van der Waals surface area contributed by atoms with Crippen molar-refractivity contribution in [1.29, 1.82) is 0 Å². The highest BCUT2D eigenvalue weighted by Gasteiger charge is 2.42. The third-order valence-electron chi connectivity index (χ3n) is 5.77. The minimum absolute atomic E-state index is 0.0133. The topological polar surface area (TPSA) is 21.1 Å². The Morgan fingerprint density at radius 3 is 2.88 bits per heavy atom. The number of pyridine rings is 1. The van der Waals surface area contributed by atoms with Crippen LogP contribution in [0.3, 0.4) is 0 Å². The minimum atomic E-state index is 0.0133. The molecular weight excluding hydrogens is 362 g/mol. The first kappa shape index (κ1) is 16.7. The van der Waals surface area contributed by atoms with E-state index in [4.69, 9.17) is 11.6 Å². The van der Waals surface area contributed by atoms with Crippen LogP contribution in [0.25, 0.3) is 10.9 Å². The van der Waals surface area contributed by atoms with Crippen LogP contribution in [0.2, 0.25) is 5.02 Å². The molecule has 0 aliphatic carbocycles. The van der Waals surface area contributed by atoms with Crippen molar-refractivity contribution in [2.75, 3.05) is 13.6 Å². The van der Waals surface area contributed by atoms with Crippen molar-refractivity contribution < 1.29 is 0 Å². The number of rotatable bonds is 1. The van der Waals surface area contributed by atoms with Crippen LogP contribution < -0.4 is 0 Å². The van der Waals surface area contributed by atoms with Crippen molar-refractivity contribution in [2.24, 2.45) is 0 Å². The number of hydrogen-bond acceptors (Lipinski definition) is 3. The third-order valence-corrected chi connectivity index (χ3v) is 7.55. The van der Waals surface area contributed by atoms with E-state index in [1.54, 1.807) is 0 Å². The summed E-state index contributed by atoms with van der Waals surface area (Å²) in [6.45, 7) is 7.46. The first-order valence-corrected chi connectivity index (χ1v) is 10.3. The van der Waals surface area contributed by atoms with Crippen LogP contribution >= 0.6 is 23.4 Å². The summed E-state index contributed by atoms with van der Waals surface area (Å²) in [7, 11) is 2.22. The molecule has 3 aromatic rings. The number of aryl methyl sites for hydroxylation is 1. The van der Waals surface area contributed by atoms with Gasteiger partial charge in [-0.05, 0) is 56.3 Å². The molecule has 5 heteroatoms. The second-order valence-corrected chi connectivity index (χ2v) is 9.98. The molecule has 3 nitrogen and oxygen atoms in total. The van der Waals surface area contributed by atoms with Crippen LogP contribution in [0.15, 0.2) is 36.5 Å². The lowest BCUT2D eigenvalue weighted by atomic mass is 10.00. The van der Waals surface area contributed by atoms with Gasteiger partial charge in [0, 0.05) is 53.1 Å². The Morgan fingerprint density at radius 1 is 1.27 bits per heavy atom. The first-order chi connectivity index (χ1) is 12.4. The Balaban J connectivity index is 1.72. The second kappa shape index (κ2) is 5.75. The largest absolute Gasteiger partial charge is 0.341 e. The van der Waals surface area contributed by atoms with Crippen LogP contribution in [0.4, 0.5) is 0 Å². The molecule has 2 atom stereocenters. The Hall–Kier alpha value is -1.49. The fourth-order valence-corrected chi connectivity index (χ4v) is 6.48. The number of aromatic nitrogens is 2. The van der Waals surface area contributed by atoms with E-state index in [9.17, 15) is 0 Å². The molecule has 0 bridgehead atoms. The van der Waals surface area contributed by atoms with Gasteiger partial charge in [-0.15, -0.1) is 11.8 Å². The molecule has 0 spiro atoms. The van der Waals surface area contributed by atoms with Gasteiger partial charge in [-0.25, -0.2) is 0 Å². The second-order valence-electron chi connectivity index (χ2n) is 7.83. The van der Waals surface area contributed by atoms with Crippen LogP contribution in [0.1, 0.15) is 34.7 Å². The number of fused-ring (bicyclic) bond motifs is 3. The van der Waals surface area contributed by atoms with Gasteiger partial charge in [0.25, 0.3) is 0 Å². The molecule has 0 saturated carbocycles. The number of halogens is 1. The van der Waals surface area contributed by atoms with Gasteiger partial charge in [0.2, 0.25) is 0 Å². The highest BCUT2D eigenvalue weighted by Crippen LogP contribution is 2.54. The van der Waals surface area contributed by atoms with Gasteiger partial charge in [-0.1, -0.05) is 17.7 Å². The molecule has 2 aromatic heterocycles. The maximum absolute atomic E-state index is 6.33. The standard InChI is InChI=1S/C21H22ClN3S/c1-13-4-5-14(9-23-13)21(2)12-25-18-7-6-15(22)8-16(18)17-10-24(3)11-19(26-21)20(17)25/h4-9,19H,10-12H2,1-3H3. The maximum atomic E-state index is 6.33. The molecule has 0 amide bonds. The molecule has 0 N–H and O–H groups in total. The van der Waals surface area contributed by atoms with Gasteiger partial charge >= 0.3 is 0 Å². The lowest BCUT2D eigenvalue weighted by Crippen LogP contribution is -2.38. The first-order valence-electron chi connectivity index (χ1n) is 9.05. The summed E-state index contributed by atoms with van der Waals surface area (Å²) in [4.78, 5) is 7.00. The van der Waals surface area contributed by atoms with Crippen LogP contribution in [0.5, 0.6) is 0 Å². The number of thioether (sulfide) groups is 1. The average Bonchev–Trinajstić information content (AvgIpc) is 2.89. The fourth-order valence-electron chi connectivity index (χ4n) is 4.51. The van der Waals surface area contributed by atoms with E-state index >= 15 is 0 Å². The quantitative estimate of drug-likeness (QED) is 0.580. The summed E-state index contributed by atoms with van der Waals surface area (Å²) in [5.41, 5.74) is 6.65. The summed E-state index contributed by atoms with van der Waals surface area (Å²) < 4.78 is 2.56. The molecule has 2 aliphatic heterocycles. The summed E-state index contributed by atoms with van der Waals surface area (Å²) in [5, 5.41) is 2.60. The van der Waals surface area contributed by atoms with Crippen molar-refractivity contribution in [3.05, 3.63) is 64.1 Å². The zero-order valence-corrected chi connectivity index (χ0v) is 16.9. The van der Waals surface area contributed by atoms with Crippen LogP contribution in [-0.4, -0.2) is 28.0 Å². The summed E-state index contributed by atoms with van der Waals surface area (Å²) in [6.07, 6.45) is 2.06. The van der Waals surface area contributed by atoms with Crippen molar-refractivity contribution in [1.82, 2.24) is 14.5 Å². The number of benzene rings is 1. The van der Waals surface area contributed by atoms with Gasteiger partial charge < -0.3 is 9.47 Å². The summed E-state index contributed by atoms with van der Waals surface area (Å²) in [6, 6.07) is 10.7. The predicted molar refractivity (Wildman–Crippen MR) is 110 cm³/mol. The fraction of sp³-hybridized carbons (Fsp3) is 0.381. The van der Waals surface area contributed by atoms with E-state index in [1.165, 1.54) is 27.7 Å². The smallest absolute Gasteiger partial charge is 0.0590 e. The average molecular weight is 384 g/mol. The van der Waals surface area contributed by atoms with Gasteiger partial charge in [0.1, 0.15) is 0 Å². The molecule has 0 radical (unpaired) electrons. The summed E-state index contributed by atoms with van der Waals surface area (Å²) >= 11 is 8.42. The molecule has 0 fully saturated rings. The van der Waals surface area contributed by atoms with Crippen molar-refractivity contribution in [3.63, 3.8) is 0 Å². The molecule has 5 rings (SSSR count). The van der Waals surface area contributed by atoms with Gasteiger partial charge in [0.15, 0.2) is 0 Å². The predicted octanol–water partition coefficient (Wildman–Crippen LogP) is 5.15. The number of nitrogens with zero attached hydrogens (tertiary/aromatic N) is 3. The molecular formula is C21H22ClN3S. The molecule has 26 heavy (non-hydrogen) atoms. The maximum Gasteiger partial charge on any atom is 0.0590 e. The van der Waals surface area contributed by atoms with E-state index in [2.05, 4.69) is 70.6 Å². The van der Waals surface area contributed by atoms with E-state index < -0.39 is 0 Å². The highest BCUT2D eigenvalue weighted by atomic mass is 35.5. The lowest BCUT2D eigenvalue weighted by molar-refractivity contribution is 0.299. The number of likely N-dealkylation sites (N-methyl/N-ethyl adjacent to an activating group) is 1. The van der Waals surface area contributed by atoms with Gasteiger partial charge in [-0.2, -0.15) is 0 Å². The zero-order chi connectivity index (χ0) is 18.1.